The zero-order chi connectivity index (χ0) is 37.1. The molecule has 0 spiro atoms. The summed E-state index contributed by atoms with van der Waals surface area (Å²) in [7, 11) is 0. The van der Waals surface area contributed by atoms with Gasteiger partial charge < -0.3 is 0 Å². The van der Waals surface area contributed by atoms with Gasteiger partial charge >= 0.3 is 0 Å². The van der Waals surface area contributed by atoms with Gasteiger partial charge in [0.05, 0.1) is 5.52 Å². The van der Waals surface area contributed by atoms with Gasteiger partial charge in [0.25, 0.3) is 0 Å². The number of benzene rings is 6. The molecule has 0 radical (unpaired) electrons. The average molecular weight is 708 g/mol. The Bertz CT molecular complexity index is 2990. The number of fused-ring (bicyclic) bond motifs is 9. The molecule has 3 heterocycles. The van der Waals surface area contributed by atoms with Gasteiger partial charge in [-0.3, -0.25) is 4.57 Å². The fourth-order valence-electron chi connectivity index (χ4n) is 9.45. The SMILES string of the molecule is CC1(C)c2ccccc2-c2cc(-c3nc(-c4ccccc4)nc(-c4cccc5c4C(C)(C)c4cc(-n6c7ccccc7c7cccnc76)ccc4-5)n3)ccc21. The summed E-state index contributed by atoms with van der Waals surface area (Å²) in [6.45, 7) is 9.28. The molecule has 2 aliphatic rings. The van der Waals surface area contributed by atoms with Crippen LogP contribution in [0.1, 0.15) is 49.9 Å². The highest BCUT2D eigenvalue weighted by molar-refractivity contribution is 6.08. The lowest BCUT2D eigenvalue weighted by Crippen LogP contribution is -2.17. The Labute approximate surface area is 320 Å². The van der Waals surface area contributed by atoms with Gasteiger partial charge in [0.1, 0.15) is 5.65 Å². The minimum absolute atomic E-state index is 0.0764. The topological polar surface area (TPSA) is 56.5 Å². The summed E-state index contributed by atoms with van der Waals surface area (Å²) in [4.78, 5) is 20.6. The second kappa shape index (κ2) is 11.4. The molecule has 5 nitrogen and oxygen atoms in total. The highest BCUT2D eigenvalue weighted by atomic mass is 15.0. The molecule has 55 heavy (non-hydrogen) atoms. The molecule has 0 amide bonds. The van der Waals surface area contributed by atoms with Crippen molar-refractivity contribution in [2.75, 3.05) is 0 Å². The van der Waals surface area contributed by atoms with Crippen molar-refractivity contribution in [3.63, 3.8) is 0 Å². The van der Waals surface area contributed by atoms with Crippen LogP contribution in [0, 0.1) is 0 Å². The van der Waals surface area contributed by atoms with E-state index in [-0.39, 0.29) is 10.8 Å². The van der Waals surface area contributed by atoms with E-state index in [9.17, 15) is 0 Å². The normalized spacial score (nSPS) is 14.5. The van der Waals surface area contributed by atoms with Gasteiger partial charge in [0.2, 0.25) is 0 Å². The van der Waals surface area contributed by atoms with Crippen LogP contribution in [0.2, 0.25) is 0 Å². The molecule has 11 rings (SSSR count). The first-order valence-corrected chi connectivity index (χ1v) is 19.0. The van der Waals surface area contributed by atoms with Gasteiger partial charge in [0, 0.05) is 50.2 Å². The number of aromatic nitrogens is 5. The van der Waals surface area contributed by atoms with E-state index in [4.69, 9.17) is 19.9 Å². The molecule has 9 aromatic rings. The molecule has 6 aromatic carbocycles. The molecule has 5 heteroatoms. The van der Waals surface area contributed by atoms with Crippen LogP contribution in [0.15, 0.2) is 152 Å². The Morgan fingerprint density at radius 3 is 1.98 bits per heavy atom. The number of para-hydroxylation sites is 1. The third-order valence-corrected chi connectivity index (χ3v) is 12.1. The zero-order valence-corrected chi connectivity index (χ0v) is 31.2. The van der Waals surface area contributed by atoms with Crippen molar-refractivity contribution in [2.24, 2.45) is 0 Å². The van der Waals surface area contributed by atoms with Gasteiger partial charge in [-0.25, -0.2) is 19.9 Å². The van der Waals surface area contributed by atoms with Crippen LogP contribution in [-0.2, 0) is 10.8 Å². The molecule has 0 saturated carbocycles. The van der Waals surface area contributed by atoms with E-state index < -0.39 is 0 Å². The maximum Gasteiger partial charge on any atom is 0.164 e. The highest BCUT2D eigenvalue weighted by Gasteiger charge is 2.39. The van der Waals surface area contributed by atoms with Crippen LogP contribution in [0.25, 0.3) is 84.0 Å². The van der Waals surface area contributed by atoms with Crippen LogP contribution in [0.4, 0.5) is 0 Å². The van der Waals surface area contributed by atoms with Crippen LogP contribution in [0.3, 0.4) is 0 Å². The first kappa shape index (κ1) is 31.8. The van der Waals surface area contributed by atoms with E-state index >= 15 is 0 Å². The molecule has 3 aromatic heterocycles. The van der Waals surface area contributed by atoms with Gasteiger partial charge in [-0.05, 0) is 80.9 Å². The van der Waals surface area contributed by atoms with Crippen LogP contribution in [0.5, 0.6) is 0 Å². The number of nitrogens with zero attached hydrogens (tertiary/aromatic N) is 5. The molecule has 0 bridgehead atoms. The summed E-state index contributed by atoms with van der Waals surface area (Å²) < 4.78 is 2.30. The largest absolute Gasteiger partial charge is 0.294 e. The number of rotatable bonds is 4. The molecule has 0 unspecified atom stereocenters. The Balaban J connectivity index is 1.08. The molecular weight excluding hydrogens is 671 g/mol. The Hall–Kier alpha value is -6.72. The second-order valence-electron chi connectivity index (χ2n) is 15.9. The lowest BCUT2D eigenvalue weighted by atomic mass is 9.80. The molecule has 0 aliphatic heterocycles. The minimum Gasteiger partial charge on any atom is -0.294 e. The molecule has 0 fully saturated rings. The Kier molecular flexibility index (Phi) is 6.58. The van der Waals surface area contributed by atoms with Crippen molar-refractivity contribution >= 4 is 21.9 Å². The first-order valence-electron chi connectivity index (χ1n) is 19.0. The quantitative estimate of drug-likeness (QED) is 0.183. The van der Waals surface area contributed by atoms with Crippen LogP contribution >= 0.6 is 0 Å². The number of pyridine rings is 1. The minimum atomic E-state index is -0.341. The summed E-state index contributed by atoms with van der Waals surface area (Å²) >= 11 is 0. The predicted molar refractivity (Wildman–Crippen MR) is 223 cm³/mol. The Morgan fingerprint density at radius 2 is 1.11 bits per heavy atom. The molecule has 0 atom stereocenters. The highest BCUT2D eigenvalue weighted by Crippen LogP contribution is 2.53. The van der Waals surface area contributed by atoms with E-state index in [0.717, 1.165) is 38.9 Å². The number of hydrogen-bond donors (Lipinski definition) is 0. The van der Waals surface area contributed by atoms with Crippen molar-refractivity contribution in [3.8, 4) is 62.1 Å². The van der Waals surface area contributed by atoms with Crippen LogP contribution < -0.4 is 0 Å². The standard InChI is InChI=1S/C50H37N5/c1-49(2)40-21-10-8-16-33(40)39-28-31(23-26-41(39)49)46-52-45(30-14-6-5-7-15-30)53-47(54-46)38-19-12-18-36-34-25-24-32(29-42(34)50(3,4)44(36)38)55-43-22-11-9-17-35(43)37-20-13-27-51-48(37)55/h5-29H,1-4H3. The van der Waals surface area contributed by atoms with Gasteiger partial charge in [-0.2, -0.15) is 0 Å². The third-order valence-electron chi connectivity index (χ3n) is 12.1. The molecule has 262 valence electrons. The van der Waals surface area contributed by atoms with Crippen molar-refractivity contribution in [2.45, 2.75) is 38.5 Å². The summed E-state index contributed by atoms with van der Waals surface area (Å²) in [5.41, 5.74) is 15.9. The fourth-order valence-corrected chi connectivity index (χ4v) is 9.45. The summed E-state index contributed by atoms with van der Waals surface area (Å²) in [5.74, 6) is 2.00. The predicted octanol–water partition coefficient (Wildman–Crippen LogP) is 12.0. The molecule has 0 saturated heterocycles. The van der Waals surface area contributed by atoms with E-state index in [2.05, 4.69) is 154 Å². The van der Waals surface area contributed by atoms with Crippen molar-refractivity contribution < 1.29 is 0 Å². The van der Waals surface area contributed by atoms with Gasteiger partial charge in [-0.15, -0.1) is 0 Å². The third kappa shape index (κ3) is 4.53. The lowest BCUT2D eigenvalue weighted by Gasteiger charge is -2.24. The summed E-state index contributed by atoms with van der Waals surface area (Å²) in [6, 6.07) is 51.9. The van der Waals surface area contributed by atoms with E-state index in [1.807, 2.05) is 30.5 Å². The zero-order valence-electron chi connectivity index (χ0n) is 31.2. The maximum atomic E-state index is 5.31. The van der Waals surface area contributed by atoms with Crippen molar-refractivity contribution in [1.82, 2.24) is 24.5 Å². The lowest BCUT2D eigenvalue weighted by molar-refractivity contribution is 0.660. The second-order valence-corrected chi connectivity index (χ2v) is 15.9. The monoisotopic (exact) mass is 707 g/mol. The van der Waals surface area contributed by atoms with E-state index in [1.54, 1.807) is 0 Å². The van der Waals surface area contributed by atoms with E-state index in [0.29, 0.717) is 17.5 Å². The molecular formula is C50H37N5. The average Bonchev–Trinajstić information content (AvgIpc) is 3.77. The molecule has 2 aliphatic carbocycles. The van der Waals surface area contributed by atoms with Crippen molar-refractivity contribution in [3.05, 3.63) is 174 Å². The first-order chi connectivity index (χ1) is 26.8. The number of hydrogen-bond acceptors (Lipinski definition) is 4. The molecule has 0 N–H and O–H groups in total. The Morgan fingerprint density at radius 1 is 0.436 bits per heavy atom. The summed E-state index contributed by atoms with van der Waals surface area (Å²) in [6.07, 6.45) is 1.88. The van der Waals surface area contributed by atoms with Crippen molar-refractivity contribution in [1.29, 1.82) is 0 Å². The van der Waals surface area contributed by atoms with Gasteiger partial charge in [-0.1, -0.05) is 137 Å². The van der Waals surface area contributed by atoms with Gasteiger partial charge in [0.15, 0.2) is 17.5 Å². The maximum absolute atomic E-state index is 5.31. The smallest absolute Gasteiger partial charge is 0.164 e. The summed E-state index contributed by atoms with van der Waals surface area (Å²) in [5, 5.41) is 2.35. The fraction of sp³-hybridized carbons (Fsp3) is 0.120. The van der Waals surface area contributed by atoms with E-state index in [1.165, 1.54) is 49.9 Å². The van der Waals surface area contributed by atoms with Crippen LogP contribution in [-0.4, -0.2) is 24.5 Å².